The zero-order valence-electron chi connectivity index (χ0n) is 16.3. The summed E-state index contributed by atoms with van der Waals surface area (Å²) in [7, 11) is 1.92. The van der Waals surface area contributed by atoms with Crippen LogP contribution in [0.5, 0.6) is 0 Å². The zero-order chi connectivity index (χ0) is 19.8. The van der Waals surface area contributed by atoms with Crippen LogP contribution in [0.2, 0.25) is 0 Å². The summed E-state index contributed by atoms with van der Waals surface area (Å²) in [5.74, 6) is 1.09. The minimum absolute atomic E-state index is 0.0562. The lowest BCUT2D eigenvalue weighted by atomic mass is 9.92. The molecule has 3 heterocycles. The number of carbonyl (C=O) groups is 1. The summed E-state index contributed by atoms with van der Waals surface area (Å²) in [5, 5.41) is 9.30. The first-order valence-electron chi connectivity index (χ1n) is 9.92. The molecular formula is C23H22N4O2. The second kappa shape index (κ2) is 7.20. The number of hydrogen-bond donors (Lipinski definition) is 0. The van der Waals surface area contributed by atoms with Crippen molar-refractivity contribution in [3.8, 4) is 11.3 Å². The molecule has 2 aromatic heterocycles. The van der Waals surface area contributed by atoms with Gasteiger partial charge in [-0.3, -0.25) is 9.48 Å². The van der Waals surface area contributed by atoms with Crippen LogP contribution in [0.3, 0.4) is 0 Å². The zero-order valence-corrected chi connectivity index (χ0v) is 16.3. The molecule has 29 heavy (non-hydrogen) atoms. The first-order chi connectivity index (χ1) is 14.2. The van der Waals surface area contributed by atoms with Crippen LogP contribution in [-0.4, -0.2) is 38.8 Å². The Morgan fingerprint density at radius 3 is 2.83 bits per heavy atom. The maximum atomic E-state index is 13.2. The Bertz CT molecular complexity index is 1160. The predicted molar refractivity (Wildman–Crippen MR) is 111 cm³/mol. The van der Waals surface area contributed by atoms with Crippen molar-refractivity contribution in [2.75, 3.05) is 13.1 Å². The lowest BCUT2D eigenvalue weighted by molar-refractivity contribution is 0.0707. The van der Waals surface area contributed by atoms with Crippen LogP contribution >= 0.6 is 0 Å². The van der Waals surface area contributed by atoms with Gasteiger partial charge >= 0.3 is 0 Å². The SMILES string of the molecule is Cn1cc(C2CCCN(C(=O)c3ccc4noc(-c5ccccc5)c4c3)C2)cn1. The lowest BCUT2D eigenvalue weighted by Gasteiger charge is -2.32. The number of rotatable bonds is 3. The first-order valence-corrected chi connectivity index (χ1v) is 9.92. The molecule has 2 aromatic carbocycles. The smallest absolute Gasteiger partial charge is 0.253 e. The van der Waals surface area contributed by atoms with Gasteiger partial charge in [0.15, 0.2) is 5.76 Å². The van der Waals surface area contributed by atoms with Gasteiger partial charge in [-0.1, -0.05) is 35.5 Å². The molecule has 4 aromatic rings. The molecule has 1 aliphatic rings. The first kappa shape index (κ1) is 17.7. The highest BCUT2D eigenvalue weighted by Crippen LogP contribution is 2.31. The van der Waals surface area contributed by atoms with Crippen molar-refractivity contribution in [3.63, 3.8) is 0 Å². The van der Waals surface area contributed by atoms with Gasteiger partial charge in [-0.2, -0.15) is 5.10 Å². The fraction of sp³-hybridized carbons (Fsp3) is 0.261. The standard InChI is InChI=1S/C23H22N4O2/c1-26-14-19(13-24-26)18-8-5-11-27(15-18)23(28)17-9-10-21-20(12-17)22(29-25-21)16-6-3-2-4-7-16/h2-4,6-7,9-10,12-14,18H,5,8,11,15H2,1H3. The maximum absolute atomic E-state index is 13.2. The normalized spacial score (nSPS) is 17.0. The second-order valence-corrected chi connectivity index (χ2v) is 7.65. The highest BCUT2D eigenvalue weighted by atomic mass is 16.5. The van der Waals surface area contributed by atoms with Crippen LogP contribution in [-0.2, 0) is 7.05 Å². The van der Waals surface area contributed by atoms with E-state index < -0.39 is 0 Å². The minimum Gasteiger partial charge on any atom is -0.355 e. The molecular weight excluding hydrogens is 364 g/mol. The third kappa shape index (κ3) is 3.31. The molecule has 0 saturated carbocycles. The molecule has 1 amide bonds. The van der Waals surface area contributed by atoms with Gasteiger partial charge in [-0.15, -0.1) is 0 Å². The van der Waals surface area contributed by atoms with Crippen molar-refractivity contribution >= 4 is 16.8 Å². The largest absolute Gasteiger partial charge is 0.355 e. The van der Waals surface area contributed by atoms with Crippen molar-refractivity contribution in [3.05, 3.63) is 72.1 Å². The van der Waals surface area contributed by atoms with Crippen molar-refractivity contribution in [1.82, 2.24) is 19.8 Å². The van der Waals surface area contributed by atoms with E-state index in [0.29, 0.717) is 17.2 Å². The van der Waals surface area contributed by atoms with Crippen LogP contribution in [0.15, 0.2) is 65.4 Å². The Balaban J connectivity index is 1.43. The molecule has 1 aliphatic heterocycles. The Hall–Kier alpha value is -3.41. The van der Waals surface area contributed by atoms with Gasteiger partial charge < -0.3 is 9.42 Å². The van der Waals surface area contributed by atoms with Crippen molar-refractivity contribution in [2.45, 2.75) is 18.8 Å². The summed E-state index contributed by atoms with van der Waals surface area (Å²) < 4.78 is 7.39. The lowest BCUT2D eigenvalue weighted by Crippen LogP contribution is -2.39. The minimum atomic E-state index is 0.0562. The highest BCUT2D eigenvalue weighted by Gasteiger charge is 2.26. The van der Waals surface area contributed by atoms with Crippen LogP contribution in [0.1, 0.15) is 34.7 Å². The van der Waals surface area contributed by atoms with Crippen LogP contribution in [0.4, 0.5) is 0 Å². The molecule has 6 nitrogen and oxygen atoms in total. The Kier molecular flexibility index (Phi) is 4.39. The molecule has 0 N–H and O–H groups in total. The van der Waals surface area contributed by atoms with E-state index in [-0.39, 0.29) is 5.91 Å². The van der Waals surface area contributed by atoms with Crippen LogP contribution < -0.4 is 0 Å². The summed E-state index contributed by atoms with van der Waals surface area (Å²) in [6, 6.07) is 15.5. The van der Waals surface area contributed by atoms with Crippen LogP contribution in [0.25, 0.3) is 22.2 Å². The Labute approximate surface area is 168 Å². The Morgan fingerprint density at radius 1 is 1.17 bits per heavy atom. The molecule has 0 spiro atoms. The van der Waals surface area contributed by atoms with Crippen molar-refractivity contribution < 1.29 is 9.32 Å². The fourth-order valence-corrected chi connectivity index (χ4v) is 4.14. The number of piperidine rings is 1. The number of carbonyl (C=O) groups excluding carboxylic acids is 1. The molecule has 0 aliphatic carbocycles. The molecule has 6 heteroatoms. The monoisotopic (exact) mass is 386 g/mol. The van der Waals surface area contributed by atoms with E-state index in [1.807, 2.05) is 77.6 Å². The van der Waals surface area contributed by atoms with Gasteiger partial charge in [-0.05, 0) is 36.6 Å². The summed E-state index contributed by atoms with van der Waals surface area (Å²) in [5.41, 5.74) is 3.58. The number of aryl methyl sites for hydroxylation is 1. The summed E-state index contributed by atoms with van der Waals surface area (Å²) in [6.07, 6.45) is 6.04. The number of aromatic nitrogens is 3. The summed E-state index contributed by atoms with van der Waals surface area (Å²) >= 11 is 0. The molecule has 0 bridgehead atoms. The second-order valence-electron chi connectivity index (χ2n) is 7.65. The number of fused-ring (bicyclic) bond motifs is 1. The van der Waals surface area contributed by atoms with Gasteiger partial charge in [0.2, 0.25) is 0 Å². The van der Waals surface area contributed by atoms with Gasteiger partial charge in [0.25, 0.3) is 5.91 Å². The number of hydrogen-bond acceptors (Lipinski definition) is 4. The number of amides is 1. The Morgan fingerprint density at radius 2 is 2.03 bits per heavy atom. The van der Waals surface area contributed by atoms with E-state index in [1.165, 1.54) is 5.56 Å². The van der Waals surface area contributed by atoms with E-state index in [0.717, 1.165) is 42.4 Å². The molecule has 5 rings (SSSR count). The fourth-order valence-electron chi connectivity index (χ4n) is 4.14. The average molecular weight is 386 g/mol. The molecule has 0 radical (unpaired) electrons. The third-order valence-electron chi connectivity index (χ3n) is 5.66. The van der Waals surface area contributed by atoms with E-state index in [9.17, 15) is 4.79 Å². The molecule has 1 atom stereocenters. The van der Waals surface area contributed by atoms with Gasteiger partial charge in [0, 0.05) is 43.4 Å². The number of benzene rings is 2. The topological polar surface area (TPSA) is 64.2 Å². The van der Waals surface area contributed by atoms with Gasteiger partial charge in [0.05, 0.1) is 11.6 Å². The maximum Gasteiger partial charge on any atom is 0.253 e. The molecule has 1 saturated heterocycles. The van der Waals surface area contributed by atoms with Crippen molar-refractivity contribution in [1.29, 1.82) is 0 Å². The quantitative estimate of drug-likeness (QED) is 0.528. The van der Waals surface area contributed by atoms with E-state index in [4.69, 9.17) is 4.52 Å². The van der Waals surface area contributed by atoms with E-state index >= 15 is 0 Å². The number of nitrogens with zero attached hydrogens (tertiary/aromatic N) is 4. The molecule has 146 valence electrons. The van der Waals surface area contributed by atoms with Crippen molar-refractivity contribution in [2.24, 2.45) is 7.05 Å². The van der Waals surface area contributed by atoms with Gasteiger partial charge in [-0.25, -0.2) is 0 Å². The highest BCUT2D eigenvalue weighted by molar-refractivity contribution is 6.01. The van der Waals surface area contributed by atoms with Gasteiger partial charge in [0.1, 0.15) is 5.52 Å². The van der Waals surface area contributed by atoms with Crippen LogP contribution in [0, 0.1) is 0 Å². The summed E-state index contributed by atoms with van der Waals surface area (Å²) in [6.45, 7) is 1.50. The number of likely N-dealkylation sites (tertiary alicyclic amines) is 1. The third-order valence-corrected chi connectivity index (χ3v) is 5.66. The molecule has 1 fully saturated rings. The predicted octanol–water partition coefficient (Wildman–Crippen LogP) is 4.25. The van der Waals surface area contributed by atoms with E-state index in [2.05, 4.69) is 10.3 Å². The molecule has 1 unspecified atom stereocenters. The summed E-state index contributed by atoms with van der Waals surface area (Å²) in [4.78, 5) is 15.2. The van der Waals surface area contributed by atoms with E-state index in [1.54, 1.807) is 0 Å². The average Bonchev–Trinajstić information content (AvgIpc) is 3.40.